The predicted octanol–water partition coefficient (Wildman–Crippen LogP) is 9.05. The Morgan fingerprint density at radius 2 is 1.47 bits per heavy atom. The van der Waals surface area contributed by atoms with Crippen LogP contribution in [0.4, 0.5) is 0 Å². The first-order valence-electron chi connectivity index (χ1n) is 13.5. The van der Waals surface area contributed by atoms with Gasteiger partial charge >= 0.3 is 0 Å². The molecule has 5 rings (SSSR count). The van der Waals surface area contributed by atoms with Crippen molar-refractivity contribution in [1.29, 1.82) is 0 Å². The summed E-state index contributed by atoms with van der Waals surface area (Å²) in [6.07, 6.45) is 16.3. The summed E-state index contributed by atoms with van der Waals surface area (Å²) < 4.78 is 0. The molecular formula is C30H50. The van der Waals surface area contributed by atoms with E-state index in [1.54, 1.807) is 0 Å². The molecule has 0 N–H and O–H groups in total. The summed E-state index contributed by atoms with van der Waals surface area (Å²) in [7, 11) is 0. The van der Waals surface area contributed by atoms with Crippen molar-refractivity contribution in [1.82, 2.24) is 0 Å². The van der Waals surface area contributed by atoms with Crippen LogP contribution < -0.4 is 0 Å². The fraction of sp³-hybridized carbons (Fsp3) is 0.933. The van der Waals surface area contributed by atoms with Crippen LogP contribution in [0.25, 0.3) is 0 Å². The molecule has 5 fully saturated rings. The van der Waals surface area contributed by atoms with Crippen molar-refractivity contribution >= 4 is 0 Å². The lowest BCUT2D eigenvalue weighted by Crippen LogP contribution is -2.64. The summed E-state index contributed by atoms with van der Waals surface area (Å²) in [6.45, 7) is 23.0. The third kappa shape index (κ3) is 2.58. The molecule has 0 heterocycles. The molecule has 0 radical (unpaired) electrons. The Bertz CT molecular complexity index is 730. The van der Waals surface area contributed by atoms with Gasteiger partial charge in [-0.1, -0.05) is 60.1 Å². The quantitative estimate of drug-likeness (QED) is 0.378. The van der Waals surface area contributed by atoms with Gasteiger partial charge in [0, 0.05) is 0 Å². The van der Waals surface area contributed by atoms with Crippen molar-refractivity contribution in [3.05, 3.63) is 12.2 Å². The molecular weight excluding hydrogens is 360 g/mol. The Hall–Kier alpha value is -0.260. The van der Waals surface area contributed by atoms with E-state index < -0.39 is 0 Å². The van der Waals surface area contributed by atoms with Crippen LogP contribution in [0.15, 0.2) is 12.2 Å². The zero-order valence-corrected chi connectivity index (χ0v) is 21.4. The van der Waals surface area contributed by atoms with E-state index in [1.807, 2.05) is 0 Å². The standard InChI is InChI=1S/C30H50/c1-20(2)22-12-16-27(5)18-21-10-11-25-28(6)15-9-14-26(3,4)24(28)13-17-29(25,7)30(21,8)19-23(22)27/h21-25H,1,9-19H2,2-8H3/t21?,22-,23?,24?,25?,27-,28+,29-,30-/m1/s1. The Morgan fingerprint density at radius 1 is 0.733 bits per heavy atom. The van der Waals surface area contributed by atoms with Crippen LogP contribution in [0.1, 0.15) is 119 Å². The molecule has 0 spiro atoms. The van der Waals surface area contributed by atoms with Gasteiger partial charge in [-0.15, -0.1) is 0 Å². The molecule has 5 saturated carbocycles. The van der Waals surface area contributed by atoms with Gasteiger partial charge in [0.15, 0.2) is 0 Å². The number of fused-ring (bicyclic) bond motifs is 6. The van der Waals surface area contributed by atoms with Crippen LogP contribution in [-0.2, 0) is 0 Å². The van der Waals surface area contributed by atoms with Crippen molar-refractivity contribution < 1.29 is 0 Å². The number of hydrogen-bond donors (Lipinski definition) is 0. The van der Waals surface area contributed by atoms with E-state index in [4.69, 9.17) is 0 Å². The fourth-order valence-electron chi connectivity index (χ4n) is 11.5. The third-order valence-electron chi connectivity index (χ3n) is 13.2. The second-order valence-corrected chi connectivity index (χ2v) is 14.8. The highest BCUT2D eigenvalue weighted by molar-refractivity contribution is 5.19. The lowest BCUT2D eigenvalue weighted by molar-refractivity contribution is -0.230. The first kappa shape index (κ1) is 21.6. The van der Waals surface area contributed by atoms with Crippen LogP contribution in [0.2, 0.25) is 0 Å². The maximum atomic E-state index is 4.47. The summed E-state index contributed by atoms with van der Waals surface area (Å²) in [5.41, 5.74) is 4.27. The second kappa shape index (κ2) is 6.41. The van der Waals surface area contributed by atoms with Crippen molar-refractivity contribution in [3.63, 3.8) is 0 Å². The van der Waals surface area contributed by atoms with Crippen molar-refractivity contribution in [2.75, 3.05) is 0 Å². The minimum absolute atomic E-state index is 0.535. The molecule has 0 saturated heterocycles. The molecule has 0 heteroatoms. The van der Waals surface area contributed by atoms with Gasteiger partial charge in [-0.05, 0) is 128 Å². The molecule has 30 heavy (non-hydrogen) atoms. The smallest absolute Gasteiger partial charge is 0.0175 e. The van der Waals surface area contributed by atoms with Gasteiger partial charge in [0.05, 0.1) is 0 Å². The molecule has 0 aromatic carbocycles. The number of hydrogen-bond acceptors (Lipinski definition) is 0. The second-order valence-electron chi connectivity index (χ2n) is 14.8. The summed E-state index contributed by atoms with van der Waals surface area (Å²) in [5, 5.41) is 0. The first-order valence-corrected chi connectivity index (χ1v) is 13.5. The van der Waals surface area contributed by atoms with Crippen molar-refractivity contribution in [2.24, 2.45) is 56.7 Å². The third-order valence-corrected chi connectivity index (χ3v) is 13.2. The average Bonchev–Trinajstić information content (AvgIpc) is 2.96. The highest BCUT2D eigenvalue weighted by Crippen LogP contribution is 2.76. The molecule has 0 amide bonds. The van der Waals surface area contributed by atoms with E-state index in [9.17, 15) is 0 Å². The first-order chi connectivity index (χ1) is 13.9. The van der Waals surface area contributed by atoms with E-state index >= 15 is 0 Å². The summed E-state index contributed by atoms with van der Waals surface area (Å²) in [6, 6.07) is 0. The van der Waals surface area contributed by atoms with Gasteiger partial charge in [0.1, 0.15) is 0 Å². The summed E-state index contributed by atoms with van der Waals surface area (Å²) in [5.74, 6) is 4.53. The molecule has 5 aliphatic carbocycles. The fourth-order valence-corrected chi connectivity index (χ4v) is 11.5. The molecule has 5 aliphatic rings. The van der Waals surface area contributed by atoms with E-state index in [-0.39, 0.29) is 0 Å². The van der Waals surface area contributed by atoms with E-state index in [0.29, 0.717) is 27.1 Å². The van der Waals surface area contributed by atoms with Crippen LogP contribution in [0.5, 0.6) is 0 Å². The SMILES string of the molecule is C=C(C)[C@H]1CC[C@]2(C)CC3CCC4[C@@]5(C)CCCC(C)(C)C5CC[C@@]4(C)[C@]3(C)CC12. The predicted molar refractivity (Wildman–Crippen MR) is 129 cm³/mol. The summed E-state index contributed by atoms with van der Waals surface area (Å²) in [4.78, 5) is 0. The minimum atomic E-state index is 0.535. The Morgan fingerprint density at radius 3 is 2.17 bits per heavy atom. The van der Waals surface area contributed by atoms with Gasteiger partial charge in [-0.2, -0.15) is 0 Å². The van der Waals surface area contributed by atoms with Crippen LogP contribution in [-0.4, -0.2) is 0 Å². The van der Waals surface area contributed by atoms with E-state index in [0.717, 1.165) is 29.6 Å². The minimum Gasteiger partial charge on any atom is -0.0999 e. The lowest BCUT2D eigenvalue weighted by atomic mass is 9.33. The van der Waals surface area contributed by atoms with Gasteiger partial charge in [0.2, 0.25) is 0 Å². The maximum absolute atomic E-state index is 4.47. The molecule has 0 bridgehead atoms. The maximum Gasteiger partial charge on any atom is -0.0175 e. The molecule has 4 unspecified atom stereocenters. The van der Waals surface area contributed by atoms with E-state index in [1.165, 1.54) is 76.2 Å². The molecule has 0 aliphatic heterocycles. The Balaban J connectivity index is 1.53. The summed E-state index contributed by atoms with van der Waals surface area (Å²) >= 11 is 0. The van der Waals surface area contributed by atoms with Crippen LogP contribution >= 0.6 is 0 Å². The Labute approximate surface area is 188 Å². The molecule has 0 nitrogen and oxygen atoms in total. The molecule has 0 aromatic heterocycles. The Kier molecular flexibility index (Phi) is 4.61. The van der Waals surface area contributed by atoms with Gasteiger partial charge in [-0.3, -0.25) is 0 Å². The highest BCUT2D eigenvalue weighted by atomic mass is 14.7. The molecule has 170 valence electrons. The number of rotatable bonds is 1. The zero-order chi connectivity index (χ0) is 21.7. The van der Waals surface area contributed by atoms with E-state index in [2.05, 4.69) is 55.0 Å². The largest absolute Gasteiger partial charge is 0.0999 e. The lowest BCUT2D eigenvalue weighted by Gasteiger charge is -2.72. The normalized spacial score (nSPS) is 57.0. The van der Waals surface area contributed by atoms with Crippen LogP contribution in [0.3, 0.4) is 0 Å². The number of allylic oxidation sites excluding steroid dienone is 1. The zero-order valence-electron chi connectivity index (χ0n) is 21.4. The molecule has 9 atom stereocenters. The van der Waals surface area contributed by atoms with Crippen LogP contribution in [0, 0.1) is 56.7 Å². The topological polar surface area (TPSA) is 0 Å². The van der Waals surface area contributed by atoms with Gasteiger partial charge in [-0.25, -0.2) is 0 Å². The molecule has 0 aromatic rings. The van der Waals surface area contributed by atoms with Crippen molar-refractivity contribution in [2.45, 2.75) is 119 Å². The van der Waals surface area contributed by atoms with Gasteiger partial charge < -0.3 is 0 Å². The highest BCUT2D eigenvalue weighted by Gasteiger charge is 2.68. The monoisotopic (exact) mass is 410 g/mol. The average molecular weight is 411 g/mol. The van der Waals surface area contributed by atoms with Gasteiger partial charge in [0.25, 0.3) is 0 Å². The van der Waals surface area contributed by atoms with Crippen molar-refractivity contribution in [3.8, 4) is 0 Å².